The maximum atomic E-state index is 4.38. The monoisotopic (exact) mass is 219 g/mol. The number of nitrogens with one attached hydrogen (secondary N) is 1. The summed E-state index contributed by atoms with van der Waals surface area (Å²) in [6, 6.07) is 6.13. The fourth-order valence-electron chi connectivity index (χ4n) is 2.07. The molecular formula is C13H21N3. The molecule has 0 aliphatic carbocycles. The maximum absolute atomic E-state index is 4.38. The first kappa shape index (κ1) is 11.6. The molecule has 0 unspecified atom stereocenters. The number of rotatable bonds is 2. The quantitative estimate of drug-likeness (QED) is 0.820. The highest BCUT2D eigenvalue weighted by Gasteiger charge is 2.22. The average molecular weight is 219 g/mol. The van der Waals surface area contributed by atoms with E-state index in [1.54, 1.807) is 0 Å². The number of pyridine rings is 1. The van der Waals surface area contributed by atoms with E-state index in [9.17, 15) is 0 Å². The van der Waals surface area contributed by atoms with Crippen LogP contribution in [0, 0.1) is 0 Å². The maximum Gasteiger partial charge on any atom is 0.0543 e. The molecule has 1 aromatic rings. The Morgan fingerprint density at radius 3 is 3.00 bits per heavy atom. The third-order valence-corrected chi connectivity index (χ3v) is 3.20. The van der Waals surface area contributed by atoms with Crippen molar-refractivity contribution in [3.63, 3.8) is 0 Å². The van der Waals surface area contributed by atoms with Gasteiger partial charge in [-0.3, -0.25) is 9.88 Å². The lowest BCUT2D eigenvalue weighted by molar-refractivity contribution is 0.272. The number of nitrogens with zero attached hydrogens (tertiary/aromatic N) is 2. The highest BCUT2D eigenvalue weighted by molar-refractivity contribution is 5.03. The highest BCUT2D eigenvalue weighted by atomic mass is 15.2. The molecule has 0 spiro atoms. The van der Waals surface area contributed by atoms with Crippen LogP contribution in [-0.2, 0) is 6.54 Å². The SMILES string of the molecule is CC1(C)CCN(Cc2ccccn2)CCN1. The van der Waals surface area contributed by atoms with Gasteiger partial charge >= 0.3 is 0 Å². The van der Waals surface area contributed by atoms with Gasteiger partial charge in [-0.1, -0.05) is 6.07 Å². The molecule has 0 aromatic carbocycles. The minimum absolute atomic E-state index is 0.277. The predicted molar refractivity (Wildman–Crippen MR) is 66.2 cm³/mol. The Balaban J connectivity index is 1.92. The van der Waals surface area contributed by atoms with Gasteiger partial charge in [0.25, 0.3) is 0 Å². The molecule has 1 aliphatic rings. The first-order chi connectivity index (χ1) is 7.66. The van der Waals surface area contributed by atoms with Crippen molar-refractivity contribution in [2.75, 3.05) is 19.6 Å². The van der Waals surface area contributed by atoms with Gasteiger partial charge < -0.3 is 5.32 Å². The van der Waals surface area contributed by atoms with Crippen molar-refractivity contribution in [1.82, 2.24) is 15.2 Å². The molecule has 1 saturated heterocycles. The van der Waals surface area contributed by atoms with Gasteiger partial charge in [0.2, 0.25) is 0 Å². The smallest absolute Gasteiger partial charge is 0.0543 e. The number of hydrogen-bond acceptors (Lipinski definition) is 3. The zero-order chi connectivity index (χ0) is 11.4. The van der Waals surface area contributed by atoms with Crippen LogP contribution in [0.1, 0.15) is 26.0 Å². The van der Waals surface area contributed by atoms with Crippen LogP contribution in [0.4, 0.5) is 0 Å². The molecule has 3 heteroatoms. The van der Waals surface area contributed by atoms with Crippen molar-refractivity contribution in [3.05, 3.63) is 30.1 Å². The topological polar surface area (TPSA) is 28.2 Å². The molecule has 2 rings (SSSR count). The molecule has 0 atom stereocenters. The lowest BCUT2D eigenvalue weighted by Crippen LogP contribution is -2.39. The summed E-state index contributed by atoms with van der Waals surface area (Å²) in [6.45, 7) is 8.85. The van der Waals surface area contributed by atoms with Crippen molar-refractivity contribution in [2.24, 2.45) is 0 Å². The Hall–Kier alpha value is -0.930. The van der Waals surface area contributed by atoms with Gasteiger partial charge in [-0.2, -0.15) is 0 Å². The van der Waals surface area contributed by atoms with Gasteiger partial charge in [0.15, 0.2) is 0 Å². The van der Waals surface area contributed by atoms with Gasteiger partial charge in [0, 0.05) is 37.9 Å². The van der Waals surface area contributed by atoms with Crippen molar-refractivity contribution in [3.8, 4) is 0 Å². The third kappa shape index (κ3) is 3.29. The lowest BCUT2D eigenvalue weighted by Gasteiger charge is -2.23. The molecule has 16 heavy (non-hydrogen) atoms. The third-order valence-electron chi connectivity index (χ3n) is 3.20. The Labute approximate surface area is 97.9 Å². The van der Waals surface area contributed by atoms with Gasteiger partial charge in [0.1, 0.15) is 0 Å². The van der Waals surface area contributed by atoms with Crippen molar-refractivity contribution in [1.29, 1.82) is 0 Å². The van der Waals surface area contributed by atoms with E-state index >= 15 is 0 Å². The molecule has 0 amide bonds. The van der Waals surface area contributed by atoms with E-state index in [2.05, 4.69) is 41.2 Å². The van der Waals surface area contributed by atoms with Crippen LogP contribution in [-0.4, -0.2) is 35.1 Å². The summed E-state index contributed by atoms with van der Waals surface area (Å²) in [5.41, 5.74) is 1.45. The molecular weight excluding hydrogens is 198 g/mol. The van der Waals surface area contributed by atoms with Crippen LogP contribution in [0.25, 0.3) is 0 Å². The molecule has 3 nitrogen and oxygen atoms in total. The first-order valence-electron chi connectivity index (χ1n) is 6.03. The second-order valence-corrected chi connectivity index (χ2v) is 5.16. The van der Waals surface area contributed by atoms with E-state index in [0.717, 1.165) is 26.2 Å². The fraction of sp³-hybridized carbons (Fsp3) is 0.615. The van der Waals surface area contributed by atoms with Crippen LogP contribution >= 0.6 is 0 Å². The summed E-state index contributed by atoms with van der Waals surface area (Å²) in [5, 5.41) is 3.57. The van der Waals surface area contributed by atoms with E-state index < -0.39 is 0 Å². The summed E-state index contributed by atoms with van der Waals surface area (Å²) < 4.78 is 0. The second-order valence-electron chi connectivity index (χ2n) is 5.16. The molecule has 88 valence electrons. The predicted octanol–water partition coefficient (Wildman–Crippen LogP) is 1.66. The van der Waals surface area contributed by atoms with Gasteiger partial charge in [-0.05, 0) is 32.4 Å². The fourth-order valence-corrected chi connectivity index (χ4v) is 2.07. The van der Waals surface area contributed by atoms with E-state index in [1.807, 2.05) is 12.3 Å². The zero-order valence-electron chi connectivity index (χ0n) is 10.2. The minimum Gasteiger partial charge on any atom is -0.310 e. The molecule has 1 aromatic heterocycles. The largest absolute Gasteiger partial charge is 0.310 e. The normalized spacial score (nSPS) is 21.6. The Bertz CT molecular complexity index is 321. The molecule has 1 fully saturated rings. The molecule has 1 aliphatic heterocycles. The Kier molecular flexibility index (Phi) is 3.56. The zero-order valence-corrected chi connectivity index (χ0v) is 10.2. The van der Waals surface area contributed by atoms with E-state index in [4.69, 9.17) is 0 Å². The summed E-state index contributed by atoms with van der Waals surface area (Å²) in [5.74, 6) is 0. The summed E-state index contributed by atoms with van der Waals surface area (Å²) in [7, 11) is 0. The Morgan fingerprint density at radius 1 is 1.38 bits per heavy atom. The molecule has 0 radical (unpaired) electrons. The van der Waals surface area contributed by atoms with E-state index in [-0.39, 0.29) is 5.54 Å². The average Bonchev–Trinajstić information content (AvgIpc) is 2.42. The van der Waals surface area contributed by atoms with Crippen LogP contribution in [0.15, 0.2) is 24.4 Å². The lowest BCUT2D eigenvalue weighted by atomic mass is 10.0. The highest BCUT2D eigenvalue weighted by Crippen LogP contribution is 2.13. The van der Waals surface area contributed by atoms with Crippen LogP contribution in [0.2, 0.25) is 0 Å². The van der Waals surface area contributed by atoms with E-state index in [1.165, 1.54) is 12.1 Å². The van der Waals surface area contributed by atoms with Crippen molar-refractivity contribution < 1.29 is 0 Å². The van der Waals surface area contributed by atoms with Crippen LogP contribution in [0.5, 0.6) is 0 Å². The summed E-state index contributed by atoms with van der Waals surface area (Å²) in [4.78, 5) is 6.85. The van der Waals surface area contributed by atoms with Crippen molar-refractivity contribution in [2.45, 2.75) is 32.4 Å². The molecule has 2 heterocycles. The number of aromatic nitrogens is 1. The van der Waals surface area contributed by atoms with Crippen LogP contribution < -0.4 is 5.32 Å². The first-order valence-corrected chi connectivity index (χ1v) is 6.03. The number of hydrogen-bond donors (Lipinski definition) is 1. The Morgan fingerprint density at radius 2 is 2.25 bits per heavy atom. The second kappa shape index (κ2) is 4.93. The minimum atomic E-state index is 0.277. The molecule has 1 N–H and O–H groups in total. The molecule has 0 saturated carbocycles. The van der Waals surface area contributed by atoms with E-state index in [0.29, 0.717) is 0 Å². The van der Waals surface area contributed by atoms with Gasteiger partial charge in [-0.15, -0.1) is 0 Å². The standard InChI is InChI=1S/C13H21N3/c1-13(2)6-9-16(10-8-15-13)11-12-5-3-4-7-14-12/h3-5,7,15H,6,8-11H2,1-2H3. The van der Waals surface area contributed by atoms with Gasteiger partial charge in [-0.25, -0.2) is 0 Å². The van der Waals surface area contributed by atoms with Crippen LogP contribution in [0.3, 0.4) is 0 Å². The van der Waals surface area contributed by atoms with Gasteiger partial charge in [0.05, 0.1) is 5.69 Å². The summed E-state index contributed by atoms with van der Waals surface area (Å²) >= 11 is 0. The van der Waals surface area contributed by atoms with Crippen molar-refractivity contribution >= 4 is 0 Å². The summed E-state index contributed by atoms with van der Waals surface area (Å²) in [6.07, 6.45) is 3.06. The molecule has 0 bridgehead atoms.